The van der Waals surface area contributed by atoms with E-state index in [1.54, 1.807) is 19.1 Å². The van der Waals surface area contributed by atoms with E-state index in [2.05, 4.69) is 5.32 Å². The fourth-order valence-corrected chi connectivity index (χ4v) is 3.47. The van der Waals surface area contributed by atoms with E-state index in [1.165, 1.54) is 17.8 Å². The summed E-state index contributed by atoms with van der Waals surface area (Å²) in [7, 11) is 0. The van der Waals surface area contributed by atoms with Gasteiger partial charge in [-0.15, -0.1) is 0 Å². The number of carbonyl (C=O) groups is 3. The van der Waals surface area contributed by atoms with Gasteiger partial charge in [-0.05, 0) is 42.2 Å². The van der Waals surface area contributed by atoms with Gasteiger partial charge in [0.1, 0.15) is 0 Å². The van der Waals surface area contributed by atoms with E-state index in [-0.39, 0.29) is 23.0 Å². The highest BCUT2D eigenvalue weighted by molar-refractivity contribution is 8.12. The minimum Gasteiger partial charge on any atom is -0.478 e. The zero-order valence-corrected chi connectivity index (χ0v) is 16.3. The molecular weight excluding hydrogens is 362 g/mol. The molecule has 2 rings (SSSR count). The number of rotatable bonds is 8. The molecule has 0 saturated carbocycles. The molecule has 5 nitrogen and oxygen atoms in total. The molecule has 1 amide bonds. The summed E-state index contributed by atoms with van der Waals surface area (Å²) in [6.07, 6.45) is 1.34. The number of aryl methyl sites for hydroxylation is 1. The highest BCUT2D eigenvalue weighted by atomic mass is 32.2. The number of amides is 1. The predicted molar refractivity (Wildman–Crippen MR) is 108 cm³/mol. The SMILES string of the molecule is CCC(=O)SCc1ccccc1CCC(=O)Nc1cccc(C(=O)O)c1C. The number of carbonyl (C=O) groups excluding carboxylic acids is 2. The van der Waals surface area contributed by atoms with E-state index in [0.29, 0.717) is 29.8 Å². The Morgan fingerprint density at radius 1 is 1.04 bits per heavy atom. The van der Waals surface area contributed by atoms with Crippen molar-refractivity contribution in [2.75, 3.05) is 5.32 Å². The van der Waals surface area contributed by atoms with Crippen LogP contribution in [0, 0.1) is 6.92 Å². The van der Waals surface area contributed by atoms with Crippen molar-refractivity contribution < 1.29 is 19.5 Å². The summed E-state index contributed by atoms with van der Waals surface area (Å²) in [5.41, 5.74) is 3.32. The van der Waals surface area contributed by atoms with Gasteiger partial charge in [0, 0.05) is 24.3 Å². The maximum Gasteiger partial charge on any atom is 0.336 e. The molecule has 0 aliphatic carbocycles. The Hall–Kier alpha value is -2.60. The number of carboxylic acids is 1. The Kier molecular flexibility index (Phi) is 7.61. The van der Waals surface area contributed by atoms with Crippen LogP contribution in [0.2, 0.25) is 0 Å². The number of carboxylic acid groups (broad SMARTS) is 1. The Balaban J connectivity index is 1.99. The second kappa shape index (κ2) is 9.92. The van der Waals surface area contributed by atoms with Gasteiger partial charge in [0.2, 0.25) is 5.91 Å². The topological polar surface area (TPSA) is 83.5 Å². The van der Waals surface area contributed by atoms with Gasteiger partial charge in [-0.2, -0.15) is 0 Å². The summed E-state index contributed by atoms with van der Waals surface area (Å²) >= 11 is 1.29. The standard InChI is InChI=1S/C21H23NO4S/c1-3-20(24)27-13-16-8-5-4-7-15(16)11-12-19(23)22-18-10-6-9-17(14(18)2)21(25)26/h4-10H,3,11-13H2,1-2H3,(H,22,23)(H,25,26). The molecule has 0 fully saturated rings. The zero-order valence-electron chi connectivity index (χ0n) is 15.5. The molecule has 2 N–H and O–H groups in total. The molecule has 27 heavy (non-hydrogen) atoms. The fraction of sp³-hybridized carbons (Fsp3) is 0.286. The summed E-state index contributed by atoms with van der Waals surface area (Å²) in [6.45, 7) is 3.52. The predicted octanol–water partition coefficient (Wildman–Crippen LogP) is 4.43. The van der Waals surface area contributed by atoms with Crippen LogP contribution in [0.5, 0.6) is 0 Å². The second-order valence-corrected chi connectivity index (χ2v) is 7.15. The van der Waals surface area contributed by atoms with Crippen LogP contribution in [-0.4, -0.2) is 22.1 Å². The Bertz CT molecular complexity index is 848. The van der Waals surface area contributed by atoms with Crippen molar-refractivity contribution in [3.05, 3.63) is 64.7 Å². The summed E-state index contributed by atoms with van der Waals surface area (Å²) in [5, 5.41) is 12.1. The zero-order chi connectivity index (χ0) is 19.8. The lowest BCUT2D eigenvalue weighted by atomic mass is 10.0. The van der Waals surface area contributed by atoms with Crippen LogP contribution >= 0.6 is 11.8 Å². The van der Waals surface area contributed by atoms with Crippen molar-refractivity contribution >= 4 is 34.4 Å². The van der Waals surface area contributed by atoms with Gasteiger partial charge < -0.3 is 10.4 Å². The largest absolute Gasteiger partial charge is 0.478 e. The van der Waals surface area contributed by atoms with E-state index < -0.39 is 5.97 Å². The Morgan fingerprint density at radius 3 is 2.41 bits per heavy atom. The van der Waals surface area contributed by atoms with Gasteiger partial charge in [0.05, 0.1) is 5.56 Å². The second-order valence-electron chi connectivity index (χ2n) is 6.11. The molecule has 0 saturated heterocycles. The van der Waals surface area contributed by atoms with E-state index in [0.717, 1.165) is 11.1 Å². The molecule has 0 aromatic heterocycles. The Morgan fingerprint density at radius 2 is 1.74 bits per heavy atom. The molecule has 0 unspecified atom stereocenters. The quantitative estimate of drug-likeness (QED) is 0.702. The molecule has 2 aromatic carbocycles. The van der Waals surface area contributed by atoms with Crippen molar-refractivity contribution in [2.24, 2.45) is 0 Å². The smallest absolute Gasteiger partial charge is 0.336 e. The van der Waals surface area contributed by atoms with Crippen LogP contribution in [0.15, 0.2) is 42.5 Å². The van der Waals surface area contributed by atoms with Gasteiger partial charge in [0.25, 0.3) is 0 Å². The van der Waals surface area contributed by atoms with Crippen LogP contribution in [-0.2, 0) is 21.8 Å². The van der Waals surface area contributed by atoms with Gasteiger partial charge >= 0.3 is 5.97 Å². The average molecular weight is 385 g/mol. The van der Waals surface area contributed by atoms with Crippen LogP contribution in [0.1, 0.15) is 46.8 Å². The van der Waals surface area contributed by atoms with Gasteiger partial charge in [-0.3, -0.25) is 9.59 Å². The van der Waals surface area contributed by atoms with Crippen molar-refractivity contribution in [1.29, 1.82) is 0 Å². The maximum atomic E-state index is 12.3. The summed E-state index contributed by atoms with van der Waals surface area (Å²) in [4.78, 5) is 35.1. The molecule has 0 radical (unpaired) electrons. The lowest BCUT2D eigenvalue weighted by Gasteiger charge is -2.12. The van der Waals surface area contributed by atoms with Crippen molar-refractivity contribution in [1.82, 2.24) is 0 Å². The number of nitrogens with one attached hydrogen (secondary N) is 1. The van der Waals surface area contributed by atoms with E-state index in [9.17, 15) is 19.5 Å². The molecule has 0 aliphatic rings. The Labute approximate surface area is 163 Å². The molecule has 0 aliphatic heterocycles. The van der Waals surface area contributed by atoms with Gasteiger partial charge in [-0.25, -0.2) is 4.79 Å². The molecule has 0 atom stereocenters. The van der Waals surface area contributed by atoms with Crippen molar-refractivity contribution in [2.45, 2.75) is 38.9 Å². The molecule has 2 aromatic rings. The van der Waals surface area contributed by atoms with Crippen molar-refractivity contribution in [3.63, 3.8) is 0 Å². The fourth-order valence-electron chi connectivity index (χ4n) is 2.67. The number of hydrogen-bond donors (Lipinski definition) is 2. The number of benzene rings is 2. The number of anilines is 1. The van der Waals surface area contributed by atoms with Crippen molar-refractivity contribution in [3.8, 4) is 0 Å². The third kappa shape index (κ3) is 5.96. The number of aromatic carboxylic acids is 1. The van der Waals surface area contributed by atoms with Crippen LogP contribution in [0.3, 0.4) is 0 Å². The summed E-state index contributed by atoms with van der Waals surface area (Å²) < 4.78 is 0. The van der Waals surface area contributed by atoms with E-state index >= 15 is 0 Å². The van der Waals surface area contributed by atoms with E-state index in [1.807, 2.05) is 31.2 Å². The van der Waals surface area contributed by atoms with Crippen LogP contribution in [0.4, 0.5) is 5.69 Å². The first-order chi connectivity index (χ1) is 12.9. The number of thioether (sulfide) groups is 1. The average Bonchev–Trinajstić information content (AvgIpc) is 2.66. The van der Waals surface area contributed by atoms with Gasteiger partial charge in [0.15, 0.2) is 5.12 Å². The monoisotopic (exact) mass is 385 g/mol. The first kappa shape index (κ1) is 20.7. The van der Waals surface area contributed by atoms with E-state index in [4.69, 9.17) is 0 Å². The molecule has 6 heteroatoms. The molecular formula is C21H23NO4S. The number of hydrogen-bond acceptors (Lipinski definition) is 4. The minimum absolute atomic E-state index is 0.149. The lowest BCUT2D eigenvalue weighted by Crippen LogP contribution is -2.14. The highest BCUT2D eigenvalue weighted by Gasteiger charge is 2.13. The minimum atomic E-state index is -1.02. The molecule has 0 spiro atoms. The lowest BCUT2D eigenvalue weighted by molar-refractivity contribution is -0.116. The summed E-state index contributed by atoms with van der Waals surface area (Å²) in [6, 6.07) is 12.6. The third-order valence-electron chi connectivity index (χ3n) is 4.26. The van der Waals surface area contributed by atoms with Gasteiger partial charge in [-0.1, -0.05) is 49.0 Å². The first-order valence-corrected chi connectivity index (χ1v) is 9.76. The molecule has 0 bridgehead atoms. The normalized spacial score (nSPS) is 10.4. The first-order valence-electron chi connectivity index (χ1n) is 8.77. The summed E-state index contributed by atoms with van der Waals surface area (Å²) in [5.74, 6) is -0.589. The van der Waals surface area contributed by atoms with Crippen LogP contribution in [0.25, 0.3) is 0 Å². The van der Waals surface area contributed by atoms with Crippen LogP contribution < -0.4 is 5.32 Å². The third-order valence-corrected chi connectivity index (χ3v) is 5.32. The molecule has 0 heterocycles. The highest BCUT2D eigenvalue weighted by Crippen LogP contribution is 2.21. The molecule has 142 valence electrons. The maximum absolute atomic E-state index is 12.3.